The van der Waals surface area contributed by atoms with Gasteiger partial charge >= 0.3 is 65.1 Å². The molecule has 0 bridgehead atoms. The Kier molecular flexibility index (Phi) is 37.9. The van der Waals surface area contributed by atoms with Gasteiger partial charge in [-0.1, -0.05) is 58.3 Å². The monoisotopic (exact) mass is 335 g/mol. The minimum atomic E-state index is -0.822. The summed E-state index contributed by atoms with van der Waals surface area (Å²) >= 11 is 0. The van der Waals surface area contributed by atoms with Crippen LogP contribution in [0.2, 0.25) is 0 Å². The van der Waals surface area contributed by atoms with Crippen LogP contribution in [0, 0.1) is 0 Å². The predicted octanol–water partition coefficient (Wildman–Crippen LogP) is -1.98. The maximum absolute atomic E-state index is 10.7. The Balaban J connectivity index is -0.0000000710. The molecule has 0 aromatic heterocycles. The second kappa shape index (κ2) is 27.0. The van der Waals surface area contributed by atoms with Gasteiger partial charge in [0.1, 0.15) is 5.78 Å². The van der Waals surface area contributed by atoms with Gasteiger partial charge < -0.3 is 18.1 Å². The minimum Gasteiger partial charge on any atom is -1.00 e. The van der Waals surface area contributed by atoms with E-state index >= 15 is 0 Å². The first-order valence-electron chi connectivity index (χ1n) is 7.90. The average Bonchev–Trinajstić information content (AvgIpc) is 2.37. The molecule has 124 valence electrons. The molecule has 0 spiro atoms. The van der Waals surface area contributed by atoms with Crippen molar-refractivity contribution in [2.45, 2.75) is 78.1 Å². The first kappa shape index (κ1) is 30.9. The molecule has 0 saturated carbocycles. The number of unbranched alkanes of at least 4 members (excludes halogenated alkanes) is 8. The number of carboxylic acid groups (broad SMARTS) is 1. The number of carbonyl (C=O) groups is 2. The molecule has 0 aliphatic heterocycles. The van der Waals surface area contributed by atoms with Gasteiger partial charge in [-0.25, -0.2) is 0 Å². The molecule has 0 rings (SSSR count). The van der Waals surface area contributed by atoms with E-state index in [4.69, 9.17) is 5.11 Å². The van der Waals surface area contributed by atoms with Crippen molar-refractivity contribution in [3.05, 3.63) is 0 Å². The van der Waals surface area contributed by atoms with Crippen molar-refractivity contribution in [2.24, 2.45) is 0 Å². The molecule has 0 amide bonds. The first-order chi connectivity index (χ1) is 9.54. The standard InChI is InChI=1S/C13H26O.C3H7NO2.2Na.2H/c1-3-4-5-6-7-8-9-10-11-12-13(2)14;1-4-2-3(5)6;;;;/h3-12H2,1-2H3;4H,2H2,1H3,(H,5,6);;;;/q;;2*+1;2*-1. The number of likely N-dealkylation sites (N-methyl/N-ethyl adjacent to an activating group) is 1. The summed E-state index contributed by atoms with van der Waals surface area (Å²) in [7, 11) is 1.59. The normalized spacial score (nSPS) is 8.86. The summed E-state index contributed by atoms with van der Waals surface area (Å²) in [5.41, 5.74) is 0. The number of nitrogens with one attached hydrogen (secondary N) is 1. The molecule has 22 heavy (non-hydrogen) atoms. The average molecular weight is 335 g/mol. The molecular formula is C16H35NNa2O3. The fraction of sp³-hybridized carbons (Fsp3) is 0.875. The zero-order valence-electron chi connectivity index (χ0n) is 17.5. The van der Waals surface area contributed by atoms with Crippen LogP contribution >= 0.6 is 0 Å². The fourth-order valence-electron chi connectivity index (χ4n) is 1.84. The Morgan fingerprint density at radius 2 is 1.32 bits per heavy atom. The first-order valence-corrected chi connectivity index (χ1v) is 7.90. The third kappa shape index (κ3) is 37.4. The van der Waals surface area contributed by atoms with Gasteiger partial charge in [-0.2, -0.15) is 0 Å². The van der Waals surface area contributed by atoms with E-state index in [1.165, 1.54) is 51.4 Å². The van der Waals surface area contributed by atoms with E-state index in [2.05, 4.69) is 12.2 Å². The van der Waals surface area contributed by atoms with Crippen LogP contribution in [0.5, 0.6) is 0 Å². The molecule has 0 aromatic rings. The van der Waals surface area contributed by atoms with Crippen molar-refractivity contribution in [3.8, 4) is 0 Å². The third-order valence-electron chi connectivity index (χ3n) is 2.96. The van der Waals surface area contributed by atoms with Crippen LogP contribution in [0.3, 0.4) is 0 Å². The summed E-state index contributed by atoms with van der Waals surface area (Å²) in [5.74, 6) is -0.481. The second-order valence-electron chi connectivity index (χ2n) is 5.20. The van der Waals surface area contributed by atoms with Gasteiger partial charge in [0, 0.05) is 6.42 Å². The Labute approximate surface area is 184 Å². The molecule has 0 atom stereocenters. The number of carboxylic acids is 1. The van der Waals surface area contributed by atoms with Crippen LogP contribution in [-0.2, 0) is 9.59 Å². The molecule has 2 N–H and O–H groups in total. The summed E-state index contributed by atoms with van der Waals surface area (Å²) in [6.07, 6.45) is 12.7. The molecule has 0 heterocycles. The quantitative estimate of drug-likeness (QED) is 0.320. The van der Waals surface area contributed by atoms with Crippen LogP contribution in [-0.4, -0.2) is 30.5 Å². The molecule has 0 radical (unpaired) electrons. The van der Waals surface area contributed by atoms with E-state index in [9.17, 15) is 9.59 Å². The van der Waals surface area contributed by atoms with Crippen LogP contribution in [0.1, 0.15) is 80.9 Å². The third-order valence-corrected chi connectivity index (χ3v) is 2.96. The summed E-state index contributed by atoms with van der Waals surface area (Å²) < 4.78 is 0. The predicted molar refractivity (Wildman–Crippen MR) is 86.3 cm³/mol. The number of rotatable bonds is 12. The Hall–Kier alpha value is 1.10. The maximum Gasteiger partial charge on any atom is 1.00 e. The largest absolute Gasteiger partial charge is 1.00 e. The Bertz CT molecular complexity index is 249. The summed E-state index contributed by atoms with van der Waals surface area (Å²) in [5, 5.41) is 10.3. The van der Waals surface area contributed by atoms with E-state index in [-0.39, 0.29) is 68.5 Å². The van der Waals surface area contributed by atoms with Crippen molar-refractivity contribution < 1.29 is 76.7 Å². The smallest absolute Gasteiger partial charge is 1.00 e. The van der Waals surface area contributed by atoms with Gasteiger partial charge in [0.25, 0.3) is 0 Å². The molecule has 0 unspecified atom stereocenters. The minimum absolute atomic E-state index is 0. The number of hydrogen-bond acceptors (Lipinski definition) is 3. The molecular weight excluding hydrogens is 300 g/mol. The molecule has 0 aliphatic rings. The van der Waals surface area contributed by atoms with E-state index in [1.807, 2.05) is 0 Å². The van der Waals surface area contributed by atoms with Crippen molar-refractivity contribution in [2.75, 3.05) is 13.6 Å². The van der Waals surface area contributed by atoms with Crippen LogP contribution in [0.25, 0.3) is 0 Å². The maximum atomic E-state index is 10.7. The zero-order chi connectivity index (χ0) is 15.6. The van der Waals surface area contributed by atoms with Crippen LogP contribution < -0.4 is 64.4 Å². The van der Waals surface area contributed by atoms with Gasteiger partial charge in [-0.15, -0.1) is 0 Å². The van der Waals surface area contributed by atoms with Crippen molar-refractivity contribution in [3.63, 3.8) is 0 Å². The molecule has 0 aliphatic carbocycles. The summed E-state index contributed by atoms with van der Waals surface area (Å²) in [4.78, 5) is 20.2. The number of ketones is 1. The van der Waals surface area contributed by atoms with Gasteiger partial charge in [0.05, 0.1) is 6.54 Å². The second-order valence-corrected chi connectivity index (χ2v) is 5.20. The Morgan fingerprint density at radius 1 is 0.909 bits per heavy atom. The van der Waals surface area contributed by atoms with Gasteiger partial charge in [0.15, 0.2) is 0 Å². The Morgan fingerprint density at radius 3 is 1.59 bits per heavy atom. The number of carbonyl (C=O) groups excluding carboxylic acids is 1. The molecule has 0 fully saturated rings. The summed E-state index contributed by atoms with van der Waals surface area (Å²) in [6.45, 7) is 3.98. The van der Waals surface area contributed by atoms with E-state index < -0.39 is 5.97 Å². The van der Waals surface area contributed by atoms with Crippen molar-refractivity contribution >= 4 is 11.8 Å². The fourth-order valence-corrected chi connectivity index (χ4v) is 1.84. The van der Waals surface area contributed by atoms with Crippen LogP contribution in [0.4, 0.5) is 0 Å². The van der Waals surface area contributed by atoms with Crippen LogP contribution in [0.15, 0.2) is 0 Å². The van der Waals surface area contributed by atoms with Crippen molar-refractivity contribution in [1.29, 1.82) is 0 Å². The summed E-state index contributed by atoms with van der Waals surface area (Å²) in [6, 6.07) is 0. The van der Waals surface area contributed by atoms with Gasteiger partial charge in [0.2, 0.25) is 0 Å². The van der Waals surface area contributed by atoms with Gasteiger partial charge in [-0.05, 0) is 20.4 Å². The molecule has 6 heteroatoms. The number of hydrogen-bond donors (Lipinski definition) is 2. The molecule has 0 aromatic carbocycles. The zero-order valence-corrected chi connectivity index (χ0v) is 19.5. The van der Waals surface area contributed by atoms with Gasteiger partial charge in [-0.3, -0.25) is 4.79 Å². The SMILES string of the molecule is CCCCCCCCCCCC(C)=O.CNCC(=O)O.[H-].[H-].[Na+].[Na+]. The van der Waals surface area contributed by atoms with E-state index in [1.54, 1.807) is 14.0 Å². The van der Waals surface area contributed by atoms with E-state index in [0.717, 1.165) is 12.8 Å². The molecule has 4 nitrogen and oxygen atoms in total. The topological polar surface area (TPSA) is 66.4 Å². The number of Topliss-reactive ketones (excluding diaryl/α,β-unsaturated/α-hetero) is 1. The van der Waals surface area contributed by atoms with E-state index in [0.29, 0.717) is 5.78 Å². The van der Waals surface area contributed by atoms with Crippen molar-refractivity contribution in [1.82, 2.24) is 5.32 Å². The number of aliphatic carboxylic acids is 1. The molecule has 0 saturated heterocycles.